The fourth-order valence-corrected chi connectivity index (χ4v) is 2.44. The lowest BCUT2D eigenvalue weighted by Gasteiger charge is -2.16. The molecule has 2 atom stereocenters. The Morgan fingerprint density at radius 1 is 1.12 bits per heavy atom. The van der Waals surface area contributed by atoms with E-state index in [1.807, 2.05) is 54.6 Å². The van der Waals surface area contributed by atoms with Crippen LogP contribution in [-0.4, -0.2) is 24.2 Å². The molecule has 24 heavy (non-hydrogen) atoms. The fraction of sp³-hybridized carbons (Fsp3) is 0.350. The minimum Gasteiger partial charge on any atom is -0.483 e. The molecule has 0 spiro atoms. The lowest BCUT2D eigenvalue weighted by molar-refractivity contribution is -0.123. The molecule has 128 valence electrons. The summed E-state index contributed by atoms with van der Waals surface area (Å²) in [5, 5.41) is 12.7. The summed E-state index contributed by atoms with van der Waals surface area (Å²) < 4.78 is 5.67. The highest BCUT2D eigenvalue weighted by Gasteiger charge is 2.12. The molecule has 0 aliphatic heterocycles. The van der Waals surface area contributed by atoms with Gasteiger partial charge in [0.1, 0.15) is 5.75 Å². The first kappa shape index (κ1) is 18.0. The Morgan fingerprint density at radius 2 is 1.79 bits per heavy atom. The Morgan fingerprint density at radius 3 is 2.50 bits per heavy atom. The molecule has 1 amide bonds. The van der Waals surface area contributed by atoms with Gasteiger partial charge in [0.2, 0.25) is 0 Å². The first-order chi connectivity index (χ1) is 11.6. The van der Waals surface area contributed by atoms with Gasteiger partial charge >= 0.3 is 0 Å². The van der Waals surface area contributed by atoms with Crippen molar-refractivity contribution in [3.05, 3.63) is 65.7 Å². The lowest BCUT2D eigenvalue weighted by Crippen LogP contribution is -2.32. The molecule has 0 bridgehead atoms. The molecule has 0 heterocycles. The standard InChI is InChI=1S/C20H25NO3/c1-3-15(2)17-11-7-8-12-19(17)24-14-20(23)21-13-18(22)16-9-5-4-6-10-16/h4-12,15,18,22H,3,13-14H2,1-2H3,(H,21,23). The van der Waals surface area contributed by atoms with E-state index in [1.54, 1.807) is 0 Å². The lowest BCUT2D eigenvalue weighted by atomic mass is 9.98. The summed E-state index contributed by atoms with van der Waals surface area (Å²) in [6.07, 6.45) is 0.290. The first-order valence-corrected chi connectivity index (χ1v) is 8.33. The van der Waals surface area contributed by atoms with E-state index in [1.165, 1.54) is 0 Å². The van der Waals surface area contributed by atoms with Gasteiger partial charge in [-0.1, -0.05) is 62.4 Å². The summed E-state index contributed by atoms with van der Waals surface area (Å²) in [6.45, 7) is 4.37. The molecular weight excluding hydrogens is 302 g/mol. The van der Waals surface area contributed by atoms with Crippen LogP contribution >= 0.6 is 0 Å². The Bertz CT molecular complexity index is 642. The molecule has 2 N–H and O–H groups in total. The summed E-state index contributed by atoms with van der Waals surface area (Å²) in [5.74, 6) is 0.874. The second-order valence-corrected chi connectivity index (χ2v) is 5.87. The number of benzene rings is 2. The molecule has 4 nitrogen and oxygen atoms in total. The molecule has 2 unspecified atom stereocenters. The molecule has 0 aliphatic rings. The number of carbonyl (C=O) groups excluding carboxylic acids is 1. The van der Waals surface area contributed by atoms with Crippen molar-refractivity contribution in [3.8, 4) is 5.75 Å². The van der Waals surface area contributed by atoms with Crippen molar-refractivity contribution in [3.63, 3.8) is 0 Å². The number of carbonyl (C=O) groups is 1. The maximum absolute atomic E-state index is 12.0. The molecule has 0 radical (unpaired) electrons. The highest BCUT2D eigenvalue weighted by molar-refractivity contribution is 5.77. The Balaban J connectivity index is 1.84. The maximum atomic E-state index is 12.0. The number of ether oxygens (including phenoxy) is 1. The van der Waals surface area contributed by atoms with Crippen LogP contribution in [0.3, 0.4) is 0 Å². The SMILES string of the molecule is CCC(C)c1ccccc1OCC(=O)NCC(O)c1ccccc1. The van der Waals surface area contributed by atoms with Gasteiger partial charge in [0.25, 0.3) is 5.91 Å². The first-order valence-electron chi connectivity index (χ1n) is 8.33. The topological polar surface area (TPSA) is 58.6 Å². The second-order valence-electron chi connectivity index (χ2n) is 5.87. The van der Waals surface area contributed by atoms with Crippen LogP contribution in [0.15, 0.2) is 54.6 Å². The van der Waals surface area contributed by atoms with E-state index in [2.05, 4.69) is 19.2 Å². The van der Waals surface area contributed by atoms with E-state index < -0.39 is 6.10 Å². The molecule has 0 saturated carbocycles. The van der Waals surface area contributed by atoms with E-state index >= 15 is 0 Å². The van der Waals surface area contributed by atoms with Gasteiger partial charge in [-0.05, 0) is 29.5 Å². The monoisotopic (exact) mass is 327 g/mol. The van der Waals surface area contributed by atoms with E-state index in [-0.39, 0.29) is 19.1 Å². The van der Waals surface area contributed by atoms with Gasteiger partial charge in [0, 0.05) is 6.54 Å². The average Bonchev–Trinajstić information content (AvgIpc) is 2.64. The number of amides is 1. The molecule has 0 aliphatic carbocycles. The number of aliphatic hydroxyl groups is 1. The highest BCUT2D eigenvalue weighted by atomic mass is 16.5. The van der Waals surface area contributed by atoms with Crippen molar-refractivity contribution in [2.45, 2.75) is 32.3 Å². The third kappa shape index (κ3) is 5.10. The van der Waals surface area contributed by atoms with E-state index in [4.69, 9.17) is 4.74 Å². The third-order valence-corrected chi connectivity index (χ3v) is 4.10. The predicted octanol–water partition coefficient (Wildman–Crippen LogP) is 3.43. The summed E-state index contributed by atoms with van der Waals surface area (Å²) >= 11 is 0. The predicted molar refractivity (Wildman–Crippen MR) is 95.1 cm³/mol. The molecule has 4 heteroatoms. The normalized spacial score (nSPS) is 13.1. The number of hydrogen-bond donors (Lipinski definition) is 2. The van der Waals surface area contributed by atoms with Crippen LogP contribution < -0.4 is 10.1 Å². The van der Waals surface area contributed by atoms with Crippen LogP contribution in [-0.2, 0) is 4.79 Å². The summed E-state index contributed by atoms with van der Waals surface area (Å²) in [6, 6.07) is 17.0. The second kappa shape index (κ2) is 9.08. The minimum absolute atomic E-state index is 0.0606. The fourth-order valence-electron chi connectivity index (χ4n) is 2.44. The molecule has 2 aromatic rings. The van der Waals surface area contributed by atoms with Gasteiger partial charge < -0.3 is 15.2 Å². The van der Waals surface area contributed by atoms with Gasteiger partial charge in [-0.2, -0.15) is 0 Å². The molecule has 2 rings (SSSR count). The smallest absolute Gasteiger partial charge is 0.258 e. The van der Waals surface area contributed by atoms with E-state index in [9.17, 15) is 9.90 Å². The number of rotatable bonds is 8. The molecule has 0 saturated heterocycles. The van der Waals surface area contributed by atoms with Gasteiger partial charge in [-0.25, -0.2) is 0 Å². The average molecular weight is 327 g/mol. The molecular formula is C20H25NO3. The van der Waals surface area contributed by atoms with Crippen molar-refractivity contribution in [2.75, 3.05) is 13.2 Å². The van der Waals surface area contributed by atoms with Crippen molar-refractivity contribution < 1.29 is 14.6 Å². The van der Waals surface area contributed by atoms with E-state index in [0.717, 1.165) is 23.3 Å². The highest BCUT2D eigenvalue weighted by Crippen LogP contribution is 2.28. The number of aliphatic hydroxyl groups excluding tert-OH is 1. The maximum Gasteiger partial charge on any atom is 0.258 e. The number of hydrogen-bond acceptors (Lipinski definition) is 3. The summed E-state index contributed by atoms with van der Waals surface area (Å²) in [4.78, 5) is 12.0. The summed E-state index contributed by atoms with van der Waals surface area (Å²) in [7, 11) is 0. The zero-order valence-electron chi connectivity index (χ0n) is 14.2. The third-order valence-electron chi connectivity index (χ3n) is 4.10. The largest absolute Gasteiger partial charge is 0.483 e. The Hall–Kier alpha value is -2.33. The van der Waals surface area contributed by atoms with Crippen LogP contribution in [0, 0.1) is 0 Å². The van der Waals surface area contributed by atoms with Crippen LogP contribution in [0.4, 0.5) is 0 Å². The van der Waals surface area contributed by atoms with Crippen LogP contribution in [0.2, 0.25) is 0 Å². The minimum atomic E-state index is -0.720. The zero-order chi connectivity index (χ0) is 17.4. The number of nitrogens with one attached hydrogen (secondary N) is 1. The summed E-state index contributed by atoms with van der Waals surface area (Å²) in [5.41, 5.74) is 1.89. The quantitative estimate of drug-likeness (QED) is 0.781. The molecule has 2 aromatic carbocycles. The Labute approximate surface area is 143 Å². The van der Waals surface area contributed by atoms with Crippen LogP contribution in [0.25, 0.3) is 0 Å². The van der Waals surface area contributed by atoms with Crippen molar-refractivity contribution in [1.29, 1.82) is 0 Å². The zero-order valence-corrected chi connectivity index (χ0v) is 14.2. The Kier molecular flexibility index (Phi) is 6.82. The van der Waals surface area contributed by atoms with Crippen LogP contribution in [0.5, 0.6) is 5.75 Å². The van der Waals surface area contributed by atoms with Crippen LogP contribution in [0.1, 0.15) is 43.4 Å². The van der Waals surface area contributed by atoms with Gasteiger partial charge in [0.05, 0.1) is 6.10 Å². The molecule has 0 aromatic heterocycles. The van der Waals surface area contributed by atoms with Crippen molar-refractivity contribution >= 4 is 5.91 Å². The van der Waals surface area contributed by atoms with Gasteiger partial charge in [-0.3, -0.25) is 4.79 Å². The van der Waals surface area contributed by atoms with Crippen molar-refractivity contribution in [1.82, 2.24) is 5.32 Å². The van der Waals surface area contributed by atoms with Crippen molar-refractivity contribution in [2.24, 2.45) is 0 Å². The van der Waals surface area contributed by atoms with Gasteiger partial charge in [-0.15, -0.1) is 0 Å². The number of para-hydroxylation sites is 1. The molecule has 0 fully saturated rings. The van der Waals surface area contributed by atoms with E-state index in [0.29, 0.717) is 5.92 Å². The van der Waals surface area contributed by atoms with Gasteiger partial charge in [0.15, 0.2) is 6.61 Å².